The van der Waals surface area contributed by atoms with E-state index in [0.717, 1.165) is 16.4 Å². The number of anilines is 2. The normalized spacial score (nSPS) is 13.2. The number of carbonyl (C=O) groups excluding carboxylic acids is 2. The topological polar surface area (TPSA) is 75.8 Å². The first kappa shape index (κ1) is 17.7. The van der Waals surface area contributed by atoms with Gasteiger partial charge in [0.2, 0.25) is 5.91 Å². The van der Waals surface area contributed by atoms with Crippen molar-refractivity contribution < 1.29 is 18.9 Å². The summed E-state index contributed by atoms with van der Waals surface area (Å²) in [5.41, 5.74) is 1.40. The summed E-state index contributed by atoms with van der Waals surface area (Å²) >= 11 is 0. The van der Waals surface area contributed by atoms with E-state index in [4.69, 9.17) is 4.42 Å². The van der Waals surface area contributed by atoms with E-state index in [1.807, 2.05) is 33.0 Å². The highest BCUT2D eigenvalue weighted by molar-refractivity contribution is 5.94. The lowest BCUT2D eigenvalue weighted by molar-refractivity contribution is -0.908. The van der Waals surface area contributed by atoms with Crippen LogP contribution in [0.1, 0.15) is 25.4 Å². The Hall–Kier alpha value is -2.60. The van der Waals surface area contributed by atoms with E-state index in [1.165, 1.54) is 6.92 Å². The van der Waals surface area contributed by atoms with Crippen molar-refractivity contribution in [1.29, 1.82) is 0 Å². The summed E-state index contributed by atoms with van der Waals surface area (Å²) in [5, 5.41) is 5.58. The van der Waals surface area contributed by atoms with Gasteiger partial charge in [-0.15, -0.1) is 0 Å². The van der Waals surface area contributed by atoms with Gasteiger partial charge in [0.15, 0.2) is 11.8 Å². The zero-order valence-corrected chi connectivity index (χ0v) is 14.5. The SMILES string of the molecule is CC(=O)Nc1ccc(NC(=O)[C@@H](C)[NH+](C)Cc2ccc(C)o2)cc1. The molecule has 1 aromatic heterocycles. The van der Waals surface area contributed by atoms with Gasteiger partial charge in [-0.05, 0) is 50.2 Å². The summed E-state index contributed by atoms with van der Waals surface area (Å²) in [6, 6.07) is 10.7. The summed E-state index contributed by atoms with van der Waals surface area (Å²) in [6.07, 6.45) is 0. The fraction of sp³-hybridized carbons (Fsp3) is 0.333. The minimum Gasteiger partial charge on any atom is -0.460 e. The molecule has 2 rings (SSSR count). The number of aryl methyl sites for hydroxylation is 1. The second kappa shape index (κ2) is 7.79. The quantitative estimate of drug-likeness (QED) is 0.753. The number of quaternary nitrogens is 1. The molecule has 2 atom stereocenters. The molecule has 1 unspecified atom stereocenters. The van der Waals surface area contributed by atoms with Gasteiger partial charge in [0.05, 0.1) is 7.05 Å². The maximum atomic E-state index is 12.4. The molecule has 2 aromatic rings. The number of carbonyl (C=O) groups is 2. The molecular weight excluding hydrogens is 306 g/mol. The lowest BCUT2D eigenvalue weighted by Crippen LogP contribution is -3.12. The molecule has 1 heterocycles. The molecule has 0 aliphatic rings. The zero-order valence-electron chi connectivity index (χ0n) is 14.5. The van der Waals surface area contributed by atoms with E-state index in [0.29, 0.717) is 17.9 Å². The van der Waals surface area contributed by atoms with Crippen molar-refractivity contribution in [2.45, 2.75) is 33.4 Å². The first-order valence-corrected chi connectivity index (χ1v) is 7.91. The predicted molar refractivity (Wildman–Crippen MR) is 92.9 cm³/mol. The van der Waals surface area contributed by atoms with Gasteiger partial charge < -0.3 is 20.0 Å². The van der Waals surface area contributed by atoms with Crippen molar-refractivity contribution >= 4 is 23.2 Å². The summed E-state index contributed by atoms with van der Waals surface area (Å²) in [5.74, 6) is 1.54. The van der Waals surface area contributed by atoms with Crippen LogP contribution >= 0.6 is 0 Å². The molecule has 0 aliphatic heterocycles. The van der Waals surface area contributed by atoms with Crippen molar-refractivity contribution in [3.63, 3.8) is 0 Å². The molecule has 3 N–H and O–H groups in total. The predicted octanol–water partition coefficient (Wildman–Crippen LogP) is 1.59. The lowest BCUT2D eigenvalue weighted by atomic mass is 10.2. The van der Waals surface area contributed by atoms with Crippen LogP contribution in [-0.4, -0.2) is 24.9 Å². The molecule has 6 nitrogen and oxygen atoms in total. The van der Waals surface area contributed by atoms with Gasteiger partial charge in [-0.25, -0.2) is 0 Å². The highest BCUT2D eigenvalue weighted by Gasteiger charge is 2.23. The van der Waals surface area contributed by atoms with Gasteiger partial charge in [-0.3, -0.25) is 9.59 Å². The molecule has 0 fully saturated rings. The lowest BCUT2D eigenvalue weighted by Gasteiger charge is -2.20. The molecule has 0 aliphatic carbocycles. The molecule has 2 amide bonds. The average Bonchev–Trinajstić information content (AvgIpc) is 2.93. The maximum absolute atomic E-state index is 12.4. The van der Waals surface area contributed by atoms with Crippen molar-refractivity contribution in [1.82, 2.24) is 0 Å². The van der Waals surface area contributed by atoms with E-state index in [9.17, 15) is 9.59 Å². The Labute approximate surface area is 141 Å². The molecule has 0 saturated heterocycles. The summed E-state index contributed by atoms with van der Waals surface area (Å²) in [4.78, 5) is 24.4. The second-order valence-electron chi connectivity index (χ2n) is 6.00. The van der Waals surface area contributed by atoms with Gasteiger partial charge in [0.1, 0.15) is 12.3 Å². The molecule has 0 saturated carbocycles. The smallest absolute Gasteiger partial charge is 0.282 e. The molecule has 6 heteroatoms. The van der Waals surface area contributed by atoms with Crippen LogP contribution in [0.5, 0.6) is 0 Å². The largest absolute Gasteiger partial charge is 0.460 e. The summed E-state index contributed by atoms with van der Waals surface area (Å²) in [6.45, 7) is 5.88. The standard InChI is InChI=1S/C18H23N3O3/c1-12-5-10-17(24-12)11-21(4)13(2)18(23)20-16-8-6-15(7-9-16)19-14(3)22/h5-10,13H,11H2,1-4H3,(H,19,22)(H,20,23)/p+1/t13-/m1/s1. The van der Waals surface area contributed by atoms with Crippen LogP contribution in [-0.2, 0) is 16.1 Å². The van der Waals surface area contributed by atoms with Crippen LogP contribution < -0.4 is 15.5 Å². The molecular formula is C18H24N3O3+. The third-order valence-electron chi connectivity index (χ3n) is 3.85. The van der Waals surface area contributed by atoms with E-state index < -0.39 is 0 Å². The Balaban J connectivity index is 1.91. The zero-order chi connectivity index (χ0) is 17.7. The molecule has 24 heavy (non-hydrogen) atoms. The molecule has 0 spiro atoms. The molecule has 128 valence electrons. The van der Waals surface area contributed by atoms with Crippen LogP contribution in [0.4, 0.5) is 11.4 Å². The van der Waals surface area contributed by atoms with Gasteiger partial charge in [-0.1, -0.05) is 0 Å². The van der Waals surface area contributed by atoms with E-state index in [-0.39, 0.29) is 17.9 Å². The van der Waals surface area contributed by atoms with E-state index in [1.54, 1.807) is 24.3 Å². The van der Waals surface area contributed by atoms with Gasteiger partial charge in [0.25, 0.3) is 5.91 Å². The Bertz CT molecular complexity index is 707. The van der Waals surface area contributed by atoms with Gasteiger partial charge >= 0.3 is 0 Å². The van der Waals surface area contributed by atoms with E-state index in [2.05, 4.69) is 10.6 Å². The van der Waals surface area contributed by atoms with Crippen molar-refractivity contribution in [3.05, 3.63) is 47.9 Å². The monoisotopic (exact) mass is 330 g/mol. The minimum atomic E-state index is -0.231. The second-order valence-corrected chi connectivity index (χ2v) is 6.00. The highest BCUT2D eigenvalue weighted by Crippen LogP contribution is 2.13. The van der Waals surface area contributed by atoms with Crippen LogP contribution in [0.15, 0.2) is 40.8 Å². The minimum absolute atomic E-state index is 0.0666. The van der Waals surface area contributed by atoms with Crippen molar-refractivity contribution in [2.24, 2.45) is 0 Å². The van der Waals surface area contributed by atoms with Crippen molar-refractivity contribution in [3.8, 4) is 0 Å². The number of amides is 2. The van der Waals surface area contributed by atoms with Crippen LogP contribution in [0.2, 0.25) is 0 Å². The number of furan rings is 1. The Morgan fingerprint density at radius 1 is 1.08 bits per heavy atom. The number of nitrogens with one attached hydrogen (secondary N) is 3. The number of likely N-dealkylation sites (N-methyl/N-ethyl adjacent to an activating group) is 1. The van der Waals surface area contributed by atoms with Gasteiger partial charge in [0, 0.05) is 18.3 Å². The highest BCUT2D eigenvalue weighted by atomic mass is 16.3. The molecule has 0 radical (unpaired) electrons. The third-order valence-corrected chi connectivity index (χ3v) is 3.85. The Morgan fingerprint density at radius 2 is 1.67 bits per heavy atom. The number of rotatable bonds is 6. The molecule has 0 bridgehead atoms. The van der Waals surface area contributed by atoms with Gasteiger partial charge in [-0.2, -0.15) is 0 Å². The fourth-order valence-corrected chi connectivity index (χ4v) is 2.32. The third kappa shape index (κ3) is 4.96. The number of hydrogen-bond donors (Lipinski definition) is 3. The molecule has 1 aromatic carbocycles. The van der Waals surface area contributed by atoms with E-state index >= 15 is 0 Å². The number of hydrogen-bond acceptors (Lipinski definition) is 3. The fourth-order valence-electron chi connectivity index (χ4n) is 2.32. The number of benzene rings is 1. The average molecular weight is 330 g/mol. The Kier molecular flexibility index (Phi) is 5.76. The summed E-state index contributed by atoms with van der Waals surface area (Å²) in [7, 11) is 1.96. The maximum Gasteiger partial charge on any atom is 0.282 e. The summed E-state index contributed by atoms with van der Waals surface area (Å²) < 4.78 is 5.56. The van der Waals surface area contributed by atoms with Crippen LogP contribution in [0, 0.1) is 6.92 Å². The van der Waals surface area contributed by atoms with Crippen LogP contribution in [0.25, 0.3) is 0 Å². The Morgan fingerprint density at radius 3 is 2.17 bits per heavy atom. The first-order valence-electron chi connectivity index (χ1n) is 7.91. The van der Waals surface area contributed by atoms with Crippen LogP contribution in [0.3, 0.4) is 0 Å². The first-order chi connectivity index (χ1) is 11.3. The van der Waals surface area contributed by atoms with Crippen molar-refractivity contribution in [2.75, 3.05) is 17.7 Å².